The van der Waals surface area contributed by atoms with Gasteiger partial charge in [-0.1, -0.05) is 0 Å². The molecule has 2 heterocycles. The van der Waals surface area contributed by atoms with Crippen molar-refractivity contribution in [3.8, 4) is 17.1 Å². The first-order valence-corrected chi connectivity index (χ1v) is 10.9. The summed E-state index contributed by atoms with van der Waals surface area (Å²) < 4.78 is 53.3. The number of anilines is 2. The molecule has 32 heavy (non-hydrogen) atoms. The van der Waals surface area contributed by atoms with E-state index in [1.807, 2.05) is 0 Å². The Morgan fingerprint density at radius 1 is 1.19 bits per heavy atom. The Morgan fingerprint density at radius 3 is 2.47 bits per heavy atom. The third-order valence-electron chi connectivity index (χ3n) is 4.62. The van der Waals surface area contributed by atoms with Crippen LogP contribution in [0.25, 0.3) is 11.3 Å². The number of hydrogen-bond donors (Lipinski definition) is 3. The van der Waals surface area contributed by atoms with Crippen LogP contribution in [0, 0.1) is 12.7 Å². The highest BCUT2D eigenvalue weighted by Gasteiger charge is 2.26. The molecule has 0 aliphatic heterocycles. The van der Waals surface area contributed by atoms with E-state index in [9.17, 15) is 17.6 Å². The van der Waals surface area contributed by atoms with E-state index in [-0.39, 0.29) is 33.6 Å². The van der Waals surface area contributed by atoms with Crippen molar-refractivity contribution >= 4 is 27.6 Å². The number of ether oxygens (including phenoxy) is 1. The molecule has 9 nitrogen and oxygen atoms in total. The van der Waals surface area contributed by atoms with Gasteiger partial charge in [0.25, 0.3) is 10.0 Å². The van der Waals surface area contributed by atoms with Gasteiger partial charge in [0, 0.05) is 0 Å². The van der Waals surface area contributed by atoms with Gasteiger partial charge in [0.05, 0.1) is 17.6 Å². The van der Waals surface area contributed by atoms with E-state index in [1.165, 1.54) is 31.4 Å². The lowest BCUT2D eigenvalue weighted by molar-refractivity contribution is -0.121. The molecular weight excluding hydrogens is 439 g/mol. The molecule has 3 rings (SSSR count). The number of aryl methyl sites for hydroxylation is 1. The van der Waals surface area contributed by atoms with Crippen LogP contribution in [0.5, 0.6) is 5.75 Å². The number of halogens is 1. The molecule has 0 atom stereocenters. The summed E-state index contributed by atoms with van der Waals surface area (Å²) in [6.07, 6.45) is 0. The van der Waals surface area contributed by atoms with Gasteiger partial charge in [0.2, 0.25) is 5.91 Å². The molecule has 1 aromatic carbocycles. The Hall–Kier alpha value is -3.60. The first-order chi connectivity index (χ1) is 14.9. The molecule has 1 amide bonds. The standard InChI is InChI=1S/C21H23FN4O5S/c1-12-5-8-16(31-12)14-7-6-13(11-15(14)22)32(28,29)26-19-17(30-4)9-10-18(24-19)25-21(2,3)20(23)27/h5-11H,1-4H3,(H2,23,27)(H2,24,25,26). The maximum atomic E-state index is 14.6. The quantitative estimate of drug-likeness (QED) is 0.467. The summed E-state index contributed by atoms with van der Waals surface area (Å²) in [6.45, 7) is 4.82. The van der Waals surface area contributed by atoms with Crippen molar-refractivity contribution < 1.29 is 26.8 Å². The number of primary amides is 1. The van der Waals surface area contributed by atoms with Crippen LogP contribution >= 0.6 is 0 Å². The van der Waals surface area contributed by atoms with Crippen molar-refractivity contribution in [2.45, 2.75) is 31.2 Å². The third kappa shape index (κ3) is 4.83. The fourth-order valence-electron chi connectivity index (χ4n) is 2.76. The number of sulfonamides is 1. The number of aromatic nitrogens is 1. The summed E-state index contributed by atoms with van der Waals surface area (Å²) in [4.78, 5) is 15.4. The van der Waals surface area contributed by atoms with Gasteiger partial charge in [-0.3, -0.25) is 9.52 Å². The lowest BCUT2D eigenvalue weighted by Gasteiger charge is -2.23. The van der Waals surface area contributed by atoms with Gasteiger partial charge < -0.3 is 20.2 Å². The van der Waals surface area contributed by atoms with Crippen molar-refractivity contribution in [2.75, 3.05) is 17.1 Å². The zero-order chi connectivity index (χ0) is 23.7. The van der Waals surface area contributed by atoms with Gasteiger partial charge in [-0.25, -0.2) is 17.8 Å². The van der Waals surface area contributed by atoms with Gasteiger partial charge in [-0.2, -0.15) is 0 Å². The molecular formula is C21H23FN4O5S. The molecule has 0 unspecified atom stereocenters. The third-order valence-corrected chi connectivity index (χ3v) is 5.96. The first-order valence-electron chi connectivity index (χ1n) is 9.45. The maximum absolute atomic E-state index is 14.6. The number of furan rings is 1. The summed E-state index contributed by atoms with van der Waals surface area (Å²) in [5.74, 6) is -0.342. The SMILES string of the molecule is COc1ccc(NC(C)(C)C(N)=O)nc1NS(=O)(=O)c1ccc(-c2ccc(C)o2)c(F)c1. The van der Waals surface area contributed by atoms with Crippen LogP contribution in [0.15, 0.2) is 51.8 Å². The van der Waals surface area contributed by atoms with E-state index in [4.69, 9.17) is 14.9 Å². The number of benzene rings is 1. The van der Waals surface area contributed by atoms with Crippen LogP contribution in [0.3, 0.4) is 0 Å². The average Bonchev–Trinajstić information content (AvgIpc) is 3.13. The van der Waals surface area contributed by atoms with Crippen molar-refractivity contribution in [3.63, 3.8) is 0 Å². The summed E-state index contributed by atoms with van der Waals surface area (Å²) in [7, 11) is -2.88. The number of rotatable bonds is 8. The van der Waals surface area contributed by atoms with Gasteiger partial charge in [0.1, 0.15) is 28.7 Å². The molecule has 3 aromatic rings. The number of nitrogens with one attached hydrogen (secondary N) is 2. The van der Waals surface area contributed by atoms with E-state index in [1.54, 1.807) is 32.9 Å². The minimum atomic E-state index is -4.22. The Balaban J connectivity index is 1.92. The zero-order valence-corrected chi connectivity index (χ0v) is 18.7. The minimum Gasteiger partial charge on any atom is -0.493 e. The van der Waals surface area contributed by atoms with Crippen molar-refractivity contribution in [3.05, 3.63) is 54.0 Å². The lowest BCUT2D eigenvalue weighted by atomic mass is 10.1. The monoisotopic (exact) mass is 462 g/mol. The predicted octanol–water partition coefficient (Wildman–Crippen LogP) is 3.27. The van der Waals surface area contributed by atoms with E-state index < -0.39 is 27.3 Å². The second-order valence-corrected chi connectivity index (χ2v) is 9.20. The van der Waals surface area contributed by atoms with E-state index >= 15 is 0 Å². The van der Waals surface area contributed by atoms with Crippen LogP contribution in [-0.2, 0) is 14.8 Å². The number of methoxy groups -OCH3 is 1. The number of hydrogen-bond acceptors (Lipinski definition) is 7. The molecule has 0 radical (unpaired) electrons. The molecule has 0 aliphatic rings. The molecule has 0 aliphatic carbocycles. The van der Waals surface area contributed by atoms with Crippen LogP contribution in [0.1, 0.15) is 19.6 Å². The Morgan fingerprint density at radius 2 is 1.91 bits per heavy atom. The van der Waals surface area contributed by atoms with Gasteiger partial charge in [-0.05, 0) is 63.2 Å². The smallest absolute Gasteiger partial charge is 0.263 e. The number of nitrogens with two attached hydrogens (primary N) is 1. The lowest BCUT2D eigenvalue weighted by Crippen LogP contribution is -2.45. The van der Waals surface area contributed by atoms with Crippen molar-refractivity contribution in [1.82, 2.24) is 4.98 Å². The molecule has 170 valence electrons. The topological polar surface area (TPSA) is 137 Å². The second-order valence-electron chi connectivity index (χ2n) is 7.52. The van der Waals surface area contributed by atoms with Crippen LogP contribution in [-0.4, -0.2) is 32.0 Å². The molecule has 0 saturated carbocycles. The minimum absolute atomic E-state index is 0.124. The fourth-order valence-corrected chi connectivity index (χ4v) is 3.79. The molecule has 11 heteroatoms. The number of pyridine rings is 1. The zero-order valence-electron chi connectivity index (χ0n) is 17.9. The Bertz CT molecular complexity index is 1270. The number of carbonyl (C=O) groups excluding carboxylic acids is 1. The van der Waals surface area contributed by atoms with Gasteiger partial charge >= 0.3 is 0 Å². The van der Waals surface area contributed by atoms with Gasteiger partial charge in [-0.15, -0.1) is 0 Å². The summed E-state index contributed by atoms with van der Waals surface area (Å²) in [6, 6.07) is 9.71. The number of carbonyl (C=O) groups is 1. The van der Waals surface area contributed by atoms with Crippen molar-refractivity contribution in [1.29, 1.82) is 0 Å². The second kappa shape index (κ2) is 8.50. The highest BCUT2D eigenvalue weighted by molar-refractivity contribution is 7.92. The summed E-state index contributed by atoms with van der Waals surface area (Å²) >= 11 is 0. The average molecular weight is 463 g/mol. The molecule has 0 spiro atoms. The molecule has 0 fully saturated rings. The van der Waals surface area contributed by atoms with Crippen LogP contribution < -0.4 is 20.5 Å². The first kappa shape index (κ1) is 23.1. The molecule has 4 N–H and O–H groups in total. The normalized spacial score (nSPS) is 11.8. The highest BCUT2D eigenvalue weighted by Crippen LogP contribution is 2.30. The Labute approximate surface area is 184 Å². The summed E-state index contributed by atoms with van der Waals surface area (Å²) in [5.41, 5.74) is 4.35. The number of amides is 1. The van der Waals surface area contributed by atoms with Crippen molar-refractivity contribution in [2.24, 2.45) is 5.73 Å². The Kier molecular flexibility index (Phi) is 6.13. The molecule has 0 saturated heterocycles. The van der Waals surface area contributed by atoms with Crippen LogP contribution in [0.2, 0.25) is 0 Å². The highest BCUT2D eigenvalue weighted by atomic mass is 32.2. The van der Waals surface area contributed by atoms with Gasteiger partial charge in [0.15, 0.2) is 11.6 Å². The van der Waals surface area contributed by atoms with E-state index in [0.717, 1.165) is 6.07 Å². The van der Waals surface area contributed by atoms with E-state index in [0.29, 0.717) is 5.76 Å². The molecule has 2 aromatic heterocycles. The largest absolute Gasteiger partial charge is 0.493 e. The molecule has 0 bridgehead atoms. The predicted molar refractivity (Wildman–Crippen MR) is 117 cm³/mol. The van der Waals surface area contributed by atoms with Crippen LogP contribution in [0.4, 0.5) is 16.0 Å². The number of nitrogens with zero attached hydrogens (tertiary/aromatic N) is 1. The summed E-state index contributed by atoms with van der Waals surface area (Å²) in [5, 5.41) is 2.83. The van der Waals surface area contributed by atoms with E-state index in [2.05, 4.69) is 15.0 Å². The maximum Gasteiger partial charge on any atom is 0.263 e. The fraction of sp³-hybridized carbons (Fsp3) is 0.238.